The molecule has 0 saturated carbocycles. The van der Waals surface area contributed by atoms with Crippen LogP contribution in [0.5, 0.6) is 5.75 Å². The Balaban J connectivity index is 1.68. The molecule has 0 aromatic heterocycles. The molecule has 0 spiro atoms. The van der Waals surface area contributed by atoms with E-state index in [1.165, 1.54) is 24.3 Å². The molecule has 0 bridgehead atoms. The third kappa shape index (κ3) is 4.86. The van der Waals surface area contributed by atoms with Gasteiger partial charge in [0.05, 0.1) is 0 Å². The van der Waals surface area contributed by atoms with Crippen LogP contribution in [0, 0.1) is 0 Å². The molecular weight excluding hydrogens is 331 g/mol. The van der Waals surface area contributed by atoms with Crippen molar-refractivity contribution in [2.45, 2.75) is 25.1 Å². The molecule has 1 aliphatic rings. The number of ketones is 1. The van der Waals surface area contributed by atoms with Crippen LogP contribution < -0.4 is 10.1 Å². The number of anilines is 1. The standard InChI is InChI=1S/C19H16F3NO2/c20-19(21,22)25-18-8-6-15(7-9-18)23-16-10-14(11-17(24)12-16)13-4-2-1-3-5-13/h1-9,12,14,23H,10-11H2/t14-/m0/s1. The summed E-state index contributed by atoms with van der Waals surface area (Å²) in [6, 6.07) is 15.2. The van der Waals surface area contributed by atoms with E-state index >= 15 is 0 Å². The van der Waals surface area contributed by atoms with E-state index in [1.54, 1.807) is 6.08 Å². The predicted molar refractivity (Wildman–Crippen MR) is 88.3 cm³/mol. The van der Waals surface area contributed by atoms with Crippen LogP contribution in [0.3, 0.4) is 0 Å². The van der Waals surface area contributed by atoms with E-state index in [0.717, 1.165) is 11.3 Å². The molecule has 3 rings (SSSR count). The third-order valence-corrected chi connectivity index (χ3v) is 3.91. The Kier molecular flexibility index (Phi) is 4.79. The van der Waals surface area contributed by atoms with Crippen LogP contribution in [-0.2, 0) is 4.79 Å². The molecule has 1 N–H and O–H groups in total. The molecule has 130 valence electrons. The Morgan fingerprint density at radius 2 is 1.64 bits per heavy atom. The highest BCUT2D eigenvalue weighted by molar-refractivity contribution is 5.92. The summed E-state index contributed by atoms with van der Waals surface area (Å²) in [5.41, 5.74) is 2.44. The van der Waals surface area contributed by atoms with Crippen molar-refractivity contribution in [3.8, 4) is 5.75 Å². The smallest absolute Gasteiger partial charge is 0.406 e. The number of rotatable bonds is 4. The highest BCUT2D eigenvalue weighted by Gasteiger charge is 2.31. The van der Waals surface area contributed by atoms with Crippen LogP contribution in [0.4, 0.5) is 18.9 Å². The van der Waals surface area contributed by atoms with E-state index < -0.39 is 6.36 Å². The Morgan fingerprint density at radius 3 is 2.28 bits per heavy atom. The number of halogens is 3. The van der Waals surface area contributed by atoms with Gasteiger partial charge in [-0.1, -0.05) is 30.3 Å². The summed E-state index contributed by atoms with van der Waals surface area (Å²) in [4.78, 5) is 12.0. The topological polar surface area (TPSA) is 38.3 Å². The SMILES string of the molecule is O=C1C=C(Nc2ccc(OC(F)(F)F)cc2)C[C@H](c2ccccc2)C1. The highest BCUT2D eigenvalue weighted by atomic mass is 19.4. The minimum atomic E-state index is -4.71. The number of carbonyl (C=O) groups excluding carboxylic acids is 1. The second kappa shape index (κ2) is 7.01. The maximum atomic E-state index is 12.2. The molecule has 0 heterocycles. The van der Waals surface area contributed by atoms with Gasteiger partial charge in [-0.15, -0.1) is 13.2 Å². The second-order valence-corrected chi connectivity index (χ2v) is 5.85. The van der Waals surface area contributed by atoms with Crippen LogP contribution >= 0.6 is 0 Å². The molecule has 1 aliphatic carbocycles. The Bertz CT molecular complexity index is 768. The summed E-state index contributed by atoms with van der Waals surface area (Å²) < 4.78 is 40.4. The normalized spacial score (nSPS) is 17.8. The summed E-state index contributed by atoms with van der Waals surface area (Å²) in [6.45, 7) is 0. The zero-order valence-electron chi connectivity index (χ0n) is 13.2. The predicted octanol–water partition coefficient (Wildman–Crippen LogP) is 5.03. The van der Waals surface area contributed by atoms with Crippen LogP contribution in [0.2, 0.25) is 0 Å². The minimum absolute atomic E-state index is 0.0274. The first-order valence-electron chi connectivity index (χ1n) is 7.80. The van der Waals surface area contributed by atoms with E-state index in [1.807, 2.05) is 30.3 Å². The fourth-order valence-electron chi connectivity index (χ4n) is 2.87. The van der Waals surface area contributed by atoms with E-state index in [0.29, 0.717) is 18.5 Å². The van der Waals surface area contributed by atoms with Crippen molar-refractivity contribution in [1.82, 2.24) is 0 Å². The lowest BCUT2D eigenvalue weighted by molar-refractivity contribution is -0.274. The fourth-order valence-corrected chi connectivity index (χ4v) is 2.87. The molecule has 3 nitrogen and oxygen atoms in total. The molecule has 0 aliphatic heterocycles. The van der Waals surface area contributed by atoms with E-state index in [2.05, 4.69) is 10.1 Å². The summed E-state index contributed by atoms with van der Waals surface area (Å²) in [5, 5.41) is 3.10. The number of benzene rings is 2. The van der Waals surface area contributed by atoms with Gasteiger partial charge in [-0.25, -0.2) is 0 Å². The molecular formula is C19H16F3NO2. The third-order valence-electron chi connectivity index (χ3n) is 3.91. The van der Waals surface area contributed by atoms with E-state index in [4.69, 9.17) is 0 Å². The van der Waals surface area contributed by atoms with Crippen LogP contribution in [0.1, 0.15) is 24.3 Å². The quantitative estimate of drug-likeness (QED) is 0.843. The number of hydrogen-bond donors (Lipinski definition) is 1. The van der Waals surface area contributed by atoms with Crippen molar-refractivity contribution in [3.05, 3.63) is 71.9 Å². The summed E-state index contributed by atoms with van der Waals surface area (Å²) in [5.74, 6) is -0.164. The van der Waals surface area contributed by atoms with Gasteiger partial charge in [0.25, 0.3) is 0 Å². The number of allylic oxidation sites excluding steroid dienone is 2. The van der Waals surface area contributed by atoms with Crippen molar-refractivity contribution < 1.29 is 22.7 Å². The average Bonchev–Trinajstić information content (AvgIpc) is 2.56. The first-order chi connectivity index (χ1) is 11.9. The van der Waals surface area contributed by atoms with Gasteiger partial charge in [-0.3, -0.25) is 4.79 Å². The summed E-state index contributed by atoms with van der Waals surface area (Å²) >= 11 is 0. The Hall–Kier alpha value is -2.76. The molecule has 1 atom stereocenters. The van der Waals surface area contributed by atoms with E-state index in [9.17, 15) is 18.0 Å². The summed E-state index contributed by atoms with van der Waals surface area (Å²) in [7, 11) is 0. The van der Waals surface area contributed by atoms with Crippen molar-refractivity contribution in [3.63, 3.8) is 0 Å². The average molecular weight is 347 g/mol. The van der Waals surface area contributed by atoms with Crippen LogP contribution in [0.15, 0.2) is 66.4 Å². The number of hydrogen-bond acceptors (Lipinski definition) is 3. The monoisotopic (exact) mass is 347 g/mol. The maximum absolute atomic E-state index is 12.2. The zero-order valence-corrected chi connectivity index (χ0v) is 13.2. The Labute approximate surface area is 143 Å². The van der Waals surface area contributed by atoms with E-state index in [-0.39, 0.29) is 17.5 Å². The van der Waals surface area contributed by atoms with Crippen LogP contribution in [0.25, 0.3) is 0 Å². The van der Waals surface area contributed by atoms with Gasteiger partial charge >= 0.3 is 6.36 Å². The van der Waals surface area contributed by atoms with Gasteiger partial charge in [0, 0.05) is 23.9 Å². The first kappa shape index (κ1) is 17.1. The lowest BCUT2D eigenvalue weighted by atomic mass is 9.85. The molecule has 6 heteroatoms. The molecule has 0 fully saturated rings. The summed E-state index contributed by atoms with van der Waals surface area (Å²) in [6.07, 6.45) is -2.04. The van der Waals surface area contributed by atoms with Crippen molar-refractivity contribution >= 4 is 11.5 Å². The molecule has 2 aromatic carbocycles. The van der Waals surface area contributed by atoms with Gasteiger partial charge in [0.1, 0.15) is 5.75 Å². The van der Waals surface area contributed by atoms with Gasteiger partial charge in [0.15, 0.2) is 5.78 Å². The fraction of sp³-hybridized carbons (Fsp3) is 0.211. The number of carbonyl (C=O) groups is 1. The molecule has 0 unspecified atom stereocenters. The molecule has 0 saturated heterocycles. The van der Waals surface area contributed by atoms with Crippen LogP contribution in [-0.4, -0.2) is 12.1 Å². The molecule has 25 heavy (non-hydrogen) atoms. The van der Waals surface area contributed by atoms with Gasteiger partial charge < -0.3 is 10.1 Å². The number of nitrogens with one attached hydrogen (secondary N) is 1. The molecule has 0 radical (unpaired) electrons. The Morgan fingerprint density at radius 1 is 0.960 bits per heavy atom. The molecule has 0 amide bonds. The largest absolute Gasteiger partial charge is 0.573 e. The minimum Gasteiger partial charge on any atom is -0.406 e. The zero-order chi connectivity index (χ0) is 17.9. The number of ether oxygens (including phenoxy) is 1. The highest BCUT2D eigenvalue weighted by Crippen LogP contribution is 2.32. The van der Waals surface area contributed by atoms with Gasteiger partial charge in [-0.2, -0.15) is 0 Å². The van der Waals surface area contributed by atoms with Crippen molar-refractivity contribution in [2.75, 3.05) is 5.32 Å². The van der Waals surface area contributed by atoms with Gasteiger partial charge in [0.2, 0.25) is 0 Å². The lowest BCUT2D eigenvalue weighted by Gasteiger charge is -2.23. The lowest BCUT2D eigenvalue weighted by Crippen LogP contribution is -2.17. The molecule has 2 aromatic rings. The van der Waals surface area contributed by atoms with Gasteiger partial charge in [-0.05, 0) is 42.2 Å². The number of alkyl halides is 3. The first-order valence-corrected chi connectivity index (χ1v) is 7.80. The maximum Gasteiger partial charge on any atom is 0.573 e. The van der Waals surface area contributed by atoms with Crippen molar-refractivity contribution in [1.29, 1.82) is 0 Å². The second-order valence-electron chi connectivity index (χ2n) is 5.85. The van der Waals surface area contributed by atoms with Crippen molar-refractivity contribution in [2.24, 2.45) is 0 Å².